The fourth-order valence-electron chi connectivity index (χ4n) is 7.00. The first-order valence-electron chi connectivity index (χ1n) is 14.4. The molecule has 0 unspecified atom stereocenters. The van der Waals surface area contributed by atoms with Crippen molar-refractivity contribution in [2.45, 2.75) is 56.5 Å². The number of aliphatic hydroxyl groups is 2. The van der Waals surface area contributed by atoms with Crippen LogP contribution < -0.4 is 9.47 Å². The Morgan fingerprint density at radius 3 is 2.15 bits per heavy atom. The van der Waals surface area contributed by atoms with E-state index < -0.39 is 105 Å². The molecule has 1 saturated carbocycles. The number of ketones is 2. The van der Waals surface area contributed by atoms with Gasteiger partial charge in [0.05, 0.1) is 32.6 Å². The van der Waals surface area contributed by atoms with Crippen molar-refractivity contribution in [3.05, 3.63) is 41.0 Å². The smallest absolute Gasteiger partial charge is 0.358 e. The van der Waals surface area contributed by atoms with Crippen LogP contribution in [0.25, 0.3) is 16.9 Å². The van der Waals surface area contributed by atoms with Crippen molar-refractivity contribution in [3.63, 3.8) is 0 Å². The summed E-state index contributed by atoms with van der Waals surface area (Å²) < 4.78 is 27.4. The predicted molar refractivity (Wildman–Crippen MR) is 153 cm³/mol. The van der Waals surface area contributed by atoms with Crippen molar-refractivity contribution in [1.29, 1.82) is 0 Å². The molecule has 14 nitrogen and oxygen atoms in total. The zero-order valence-electron chi connectivity index (χ0n) is 25.1. The van der Waals surface area contributed by atoms with Crippen LogP contribution >= 0.6 is 0 Å². The number of carbonyl (C=O) groups is 5. The fourth-order valence-corrected chi connectivity index (χ4v) is 7.00. The molecule has 2 fully saturated rings. The molecule has 6 atom stereocenters. The molecule has 14 heteroatoms. The maximum absolute atomic E-state index is 13.7. The Morgan fingerprint density at radius 2 is 1.52 bits per heavy atom. The summed E-state index contributed by atoms with van der Waals surface area (Å²) in [5.41, 5.74) is -6.04. The van der Waals surface area contributed by atoms with Crippen LogP contribution in [0.15, 0.2) is 29.8 Å². The van der Waals surface area contributed by atoms with Crippen LogP contribution in [-0.4, -0.2) is 87.5 Å². The van der Waals surface area contributed by atoms with Gasteiger partial charge in [-0.3, -0.25) is 14.4 Å². The summed E-state index contributed by atoms with van der Waals surface area (Å²) in [6.45, 7) is 3.16. The molecule has 242 valence electrons. The van der Waals surface area contributed by atoms with Gasteiger partial charge in [-0.25, -0.2) is 9.59 Å². The van der Waals surface area contributed by atoms with Crippen molar-refractivity contribution in [2.75, 3.05) is 14.2 Å². The van der Waals surface area contributed by atoms with E-state index in [-0.39, 0.29) is 35.3 Å². The number of phenols is 2. The molecule has 0 aromatic heterocycles. The number of Topliss-reactive ketones (excluding diaryl/α,β-unsaturated/α-hetero) is 2. The van der Waals surface area contributed by atoms with Gasteiger partial charge in [0.1, 0.15) is 46.0 Å². The quantitative estimate of drug-likeness (QED) is 0.279. The lowest BCUT2D eigenvalue weighted by atomic mass is 9.69. The number of ether oxygens (including phenoxy) is 5. The Kier molecular flexibility index (Phi) is 7.04. The molecule has 0 radical (unpaired) electrons. The number of aromatic hydroxyl groups is 2. The van der Waals surface area contributed by atoms with Gasteiger partial charge < -0.3 is 44.1 Å². The lowest BCUT2D eigenvalue weighted by Gasteiger charge is -2.45. The van der Waals surface area contributed by atoms with Gasteiger partial charge in [0, 0.05) is 23.5 Å². The number of rotatable bonds is 4. The molecule has 1 saturated heterocycles. The molecule has 2 aromatic rings. The molecule has 6 rings (SSSR count). The van der Waals surface area contributed by atoms with Crippen molar-refractivity contribution in [1.82, 2.24) is 0 Å². The zero-order valence-corrected chi connectivity index (χ0v) is 25.1. The average molecular weight is 639 g/mol. The fraction of sp³-hybridized carbons (Fsp3) is 0.406. The third-order valence-electron chi connectivity index (χ3n) is 9.15. The SMILES string of the molecule is COC(=O)[C@@]12Oc3c(-c4ccc5c(c4O)C(=O)C[C@](C(=O)OC)([C@H]4OC(=O)C[C@@H]4C)O5)ccc(O)c3C(O)=C1C(=O)C[C@H](C)[C@H]2O. The van der Waals surface area contributed by atoms with Crippen molar-refractivity contribution in [3.8, 4) is 34.1 Å². The third-order valence-corrected chi connectivity index (χ3v) is 9.15. The zero-order chi connectivity index (χ0) is 33.5. The maximum atomic E-state index is 13.7. The minimum absolute atomic E-state index is 0.0148. The Hall–Kier alpha value is -5.11. The van der Waals surface area contributed by atoms with Crippen molar-refractivity contribution < 1.29 is 68.1 Å². The summed E-state index contributed by atoms with van der Waals surface area (Å²) in [7, 11) is 2.10. The molecular weight excluding hydrogens is 608 g/mol. The van der Waals surface area contributed by atoms with E-state index >= 15 is 0 Å². The van der Waals surface area contributed by atoms with Crippen LogP contribution in [-0.2, 0) is 33.4 Å². The van der Waals surface area contributed by atoms with Crippen LogP contribution in [0.3, 0.4) is 0 Å². The highest BCUT2D eigenvalue weighted by Crippen LogP contribution is 2.55. The standard InChI is InChI=1S/C32H30O14/c1-12-9-17(34)23-25(38)22-16(33)7-5-15(26(22)46-32(23,27(12)39)30(41)43-4)14-6-8-19-21(24(14)37)18(35)11-31(45-19,29(40)42-3)28-13(2)10-20(36)44-28/h5-8,12-13,27-28,33,37-39H,9-11H2,1-4H3/t12-,13-,27+,28-,31+,32+/m0/s1. The highest BCUT2D eigenvalue weighted by atomic mass is 16.6. The Balaban J connectivity index is 1.53. The molecule has 0 spiro atoms. The first-order valence-corrected chi connectivity index (χ1v) is 14.4. The molecule has 2 aromatic carbocycles. The lowest BCUT2D eigenvalue weighted by molar-refractivity contribution is -0.177. The molecule has 4 N–H and O–H groups in total. The summed E-state index contributed by atoms with van der Waals surface area (Å²) in [4.78, 5) is 65.3. The van der Waals surface area contributed by atoms with E-state index in [9.17, 15) is 44.4 Å². The van der Waals surface area contributed by atoms with E-state index in [1.165, 1.54) is 25.1 Å². The van der Waals surface area contributed by atoms with E-state index in [2.05, 4.69) is 0 Å². The second-order valence-electron chi connectivity index (χ2n) is 11.9. The normalized spacial score (nSPS) is 29.9. The number of fused-ring (bicyclic) bond motifs is 3. The van der Waals surface area contributed by atoms with E-state index in [0.29, 0.717) is 0 Å². The summed E-state index contributed by atoms with van der Waals surface area (Å²) in [6, 6.07) is 4.98. The van der Waals surface area contributed by atoms with Gasteiger partial charge in [0.25, 0.3) is 5.60 Å². The number of cyclic esters (lactones) is 1. The van der Waals surface area contributed by atoms with Crippen LogP contribution in [0, 0.1) is 11.8 Å². The molecule has 0 bridgehead atoms. The predicted octanol–water partition coefficient (Wildman–Crippen LogP) is 2.14. The van der Waals surface area contributed by atoms with Crippen LogP contribution in [0.1, 0.15) is 49.0 Å². The first kappa shape index (κ1) is 30.9. The highest BCUT2D eigenvalue weighted by molar-refractivity contribution is 6.13. The lowest BCUT2D eigenvalue weighted by Crippen LogP contribution is -2.64. The second-order valence-corrected chi connectivity index (χ2v) is 11.9. The van der Waals surface area contributed by atoms with E-state index in [1.807, 2.05) is 0 Å². The van der Waals surface area contributed by atoms with Gasteiger partial charge in [-0.05, 0) is 30.2 Å². The number of carbonyl (C=O) groups excluding carboxylic acids is 5. The minimum Gasteiger partial charge on any atom is -0.507 e. The third kappa shape index (κ3) is 4.02. The molecule has 46 heavy (non-hydrogen) atoms. The van der Waals surface area contributed by atoms with E-state index in [0.717, 1.165) is 20.3 Å². The van der Waals surface area contributed by atoms with Gasteiger partial charge in [-0.15, -0.1) is 0 Å². The highest BCUT2D eigenvalue weighted by Gasteiger charge is 2.64. The number of phenolic OH excluding ortho intramolecular Hbond substituents is 2. The van der Waals surface area contributed by atoms with Gasteiger partial charge in [0.15, 0.2) is 17.7 Å². The monoisotopic (exact) mass is 638 g/mol. The largest absolute Gasteiger partial charge is 0.507 e. The number of methoxy groups -OCH3 is 2. The topological polar surface area (TPSA) is 212 Å². The maximum Gasteiger partial charge on any atom is 0.358 e. The van der Waals surface area contributed by atoms with Crippen LogP contribution in [0.2, 0.25) is 0 Å². The van der Waals surface area contributed by atoms with Gasteiger partial charge in [-0.2, -0.15) is 0 Å². The minimum atomic E-state index is -2.53. The molecule has 1 aliphatic carbocycles. The van der Waals surface area contributed by atoms with Crippen molar-refractivity contribution >= 4 is 35.2 Å². The Morgan fingerprint density at radius 1 is 0.848 bits per heavy atom. The Labute approximate surface area is 261 Å². The molecule has 0 amide bonds. The summed E-state index contributed by atoms with van der Waals surface area (Å²) in [5, 5.41) is 44.9. The number of hydrogen-bond acceptors (Lipinski definition) is 14. The molecule has 3 aliphatic heterocycles. The first-order chi connectivity index (χ1) is 21.7. The molecular formula is C32H30O14. The van der Waals surface area contributed by atoms with E-state index in [4.69, 9.17) is 23.7 Å². The Bertz CT molecular complexity index is 1770. The van der Waals surface area contributed by atoms with Gasteiger partial charge >= 0.3 is 17.9 Å². The summed E-state index contributed by atoms with van der Waals surface area (Å²) in [5.74, 6) is -8.17. The summed E-state index contributed by atoms with van der Waals surface area (Å²) >= 11 is 0. The van der Waals surface area contributed by atoms with E-state index in [1.54, 1.807) is 6.92 Å². The number of aliphatic hydroxyl groups excluding tert-OH is 2. The molecule has 4 aliphatic rings. The van der Waals surface area contributed by atoms with Crippen molar-refractivity contribution in [2.24, 2.45) is 11.8 Å². The number of esters is 3. The average Bonchev–Trinajstić information content (AvgIpc) is 3.36. The van der Waals surface area contributed by atoms with Gasteiger partial charge in [-0.1, -0.05) is 13.8 Å². The molecule has 3 heterocycles. The van der Waals surface area contributed by atoms with Crippen LogP contribution in [0.5, 0.6) is 23.0 Å². The second kappa shape index (κ2) is 10.5. The number of hydrogen-bond donors (Lipinski definition) is 4. The van der Waals surface area contributed by atoms with Gasteiger partial charge in [0.2, 0.25) is 5.60 Å². The van der Waals surface area contributed by atoms with Crippen LogP contribution in [0.4, 0.5) is 0 Å². The summed E-state index contributed by atoms with van der Waals surface area (Å²) in [6.07, 6.45) is -3.74. The number of benzene rings is 2.